The fourth-order valence-corrected chi connectivity index (χ4v) is 1.92. The monoisotopic (exact) mass is 285 g/mol. The Morgan fingerprint density at radius 2 is 2.12 bits per heavy atom. The number of nitrogens with one attached hydrogen (secondary N) is 1. The average molecular weight is 286 g/mol. The quantitative estimate of drug-likeness (QED) is 0.771. The summed E-state index contributed by atoms with van der Waals surface area (Å²) in [5.74, 6) is 0.911. The Hall–Kier alpha value is -0.540. The molecule has 0 unspecified atom stereocenters. The normalized spacial score (nSPS) is 10.4. The molecule has 0 bridgehead atoms. The largest absolute Gasteiger partial charge is 0.497 e. The number of benzene rings is 1. The zero-order valence-corrected chi connectivity index (χ0v) is 11.6. The molecule has 0 heterocycles. The van der Waals surface area contributed by atoms with Crippen molar-refractivity contribution in [3.63, 3.8) is 0 Å². The number of unbranched alkanes of at least 4 members (excludes halogenated alkanes) is 2. The Morgan fingerprint density at radius 1 is 1.31 bits per heavy atom. The van der Waals surface area contributed by atoms with Gasteiger partial charge >= 0.3 is 0 Å². The van der Waals surface area contributed by atoms with E-state index in [9.17, 15) is 0 Å². The first-order chi connectivity index (χ1) is 7.77. The van der Waals surface area contributed by atoms with Crippen LogP contribution in [0.2, 0.25) is 0 Å². The lowest BCUT2D eigenvalue weighted by Crippen LogP contribution is -2.14. The number of ether oxygens (including phenoxy) is 1. The number of halogens is 1. The summed E-state index contributed by atoms with van der Waals surface area (Å²) in [5, 5.41) is 3.44. The molecule has 1 aromatic rings. The molecule has 0 aromatic heterocycles. The van der Waals surface area contributed by atoms with Crippen LogP contribution in [0.3, 0.4) is 0 Å². The molecule has 0 aliphatic carbocycles. The van der Waals surface area contributed by atoms with Crippen LogP contribution in [0.15, 0.2) is 22.7 Å². The van der Waals surface area contributed by atoms with E-state index < -0.39 is 0 Å². The molecule has 90 valence electrons. The van der Waals surface area contributed by atoms with E-state index in [2.05, 4.69) is 34.2 Å². The van der Waals surface area contributed by atoms with Crippen LogP contribution in [-0.4, -0.2) is 13.7 Å². The second-order valence-corrected chi connectivity index (χ2v) is 4.70. The van der Waals surface area contributed by atoms with E-state index in [-0.39, 0.29) is 0 Å². The SMILES string of the molecule is CCCCCNCc1cc(OC)ccc1Br. The summed E-state index contributed by atoms with van der Waals surface area (Å²) < 4.78 is 6.34. The molecule has 1 N–H and O–H groups in total. The van der Waals surface area contributed by atoms with Crippen molar-refractivity contribution in [2.45, 2.75) is 32.7 Å². The van der Waals surface area contributed by atoms with Gasteiger partial charge in [-0.15, -0.1) is 0 Å². The van der Waals surface area contributed by atoms with Gasteiger partial charge in [0, 0.05) is 11.0 Å². The summed E-state index contributed by atoms with van der Waals surface area (Å²) in [4.78, 5) is 0. The summed E-state index contributed by atoms with van der Waals surface area (Å²) >= 11 is 3.55. The molecule has 0 radical (unpaired) electrons. The molecule has 2 nitrogen and oxygen atoms in total. The minimum absolute atomic E-state index is 0.890. The predicted molar refractivity (Wildman–Crippen MR) is 71.9 cm³/mol. The van der Waals surface area contributed by atoms with Crippen LogP contribution in [0.4, 0.5) is 0 Å². The average Bonchev–Trinajstić information content (AvgIpc) is 2.31. The molecule has 0 atom stereocenters. The van der Waals surface area contributed by atoms with Crippen molar-refractivity contribution in [2.75, 3.05) is 13.7 Å². The van der Waals surface area contributed by atoms with Gasteiger partial charge in [-0.1, -0.05) is 35.7 Å². The molecule has 0 spiro atoms. The number of methoxy groups -OCH3 is 1. The highest BCUT2D eigenvalue weighted by molar-refractivity contribution is 9.10. The van der Waals surface area contributed by atoms with Crippen molar-refractivity contribution >= 4 is 15.9 Å². The Balaban J connectivity index is 2.40. The highest BCUT2D eigenvalue weighted by Gasteiger charge is 2.01. The molecule has 0 saturated carbocycles. The third kappa shape index (κ3) is 4.54. The summed E-state index contributed by atoms with van der Waals surface area (Å²) in [7, 11) is 1.70. The molecule has 16 heavy (non-hydrogen) atoms. The number of hydrogen-bond donors (Lipinski definition) is 1. The van der Waals surface area contributed by atoms with Gasteiger partial charge in [0.2, 0.25) is 0 Å². The molecular formula is C13H20BrNO. The fraction of sp³-hybridized carbons (Fsp3) is 0.538. The van der Waals surface area contributed by atoms with Gasteiger partial charge in [-0.2, -0.15) is 0 Å². The highest BCUT2D eigenvalue weighted by Crippen LogP contribution is 2.22. The molecule has 0 saturated heterocycles. The second kappa shape index (κ2) is 7.69. The van der Waals surface area contributed by atoms with Crippen LogP contribution < -0.4 is 10.1 Å². The number of hydrogen-bond acceptors (Lipinski definition) is 2. The molecule has 0 fully saturated rings. The predicted octanol–water partition coefficient (Wildman–Crippen LogP) is 3.74. The fourth-order valence-electron chi connectivity index (χ4n) is 1.54. The van der Waals surface area contributed by atoms with Crippen molar-refractivity contribution in [1.82, 2.24) is 5.32 Å². The first-order valence-electron chi connectivity index (χ1n) is 5.81. The molecule has 1 rings (SSSR count). The van der Waals surface area contributed by atoms with Crippen LogP contribution in [0.5, 0.6) is 5.75 Å². The van der Waals surface area contributed by atoms with E-state index in [4.69, 9.17) is 4.74 Å². The standard InChI is InChI=1S/C13H20BrNO/c1-3-4-5-8-15-10-11-9-12(16-2)6-7-13(11)14/h6-7,9,15H,3-5,8,10H2,1-2H3. The van der Waals surface area contributed by atoms with Crippen LogP contribution >= 0.6 is 15.9 Å². The zero-order chi connectivity index (χ0) is 11.8. The molecular weight excluding hydrogens is 266 g/mol. The second-order valence-electron chi connectivity index (χ2n) is 3.84. The van der Waals surface area contributed by atoms with Crippen LogP contribution in [0, 0.1) is 0 Å². The van der Waals surface area contributed by atoms with Crippen LogP contribution in [0.1, 0.15) is 31.7 Å². The lowest BCUT2D eigenvalue weighted by atomic mass is 10.2. The summed E-state index contributed by atoms with van der Waals surface area (Å²) in [5.41, 5.74) is 1.25. The Bertz CT molecular complexity index is 315. The first-order valence-corrected chi connectivity index (χ1v) is 6.60. The van der Waals surface area contributed by atoms with Gasteiger partial charge in [0.1, 0.15) is 5.75 Å². The minimum atomic E-state index is 0.890. The molecule has 1 aromatic carbocycles. The van der Waals surface area contributed by atoms with Gasteiger partial charge in [-0.3, -0.25) is 0 Å². The molecule has 3 heteroatoms. The van der Waals surface area contributed by atoms with Gasteiger partial charge in [-0.05, 0) is 36.7 Å². The van der Waals surface area contributed by atoms with Gasteiger partial charge < -0.3 is 10.1 Å². The number of rotatable bonds is 7. The van der Waals surface area contributed by atoms with E-state index in [0.29, 0.717) is 0 Å². The first kappa shape index (κ1) is 13.5. The van der Waals surface area contributed by atoms with Crippen LogP contribution in [-0.2, 0) is 6.54 Å². The summed E-state index contributed by atoms with van der Waals surface area (Å²) in [6, 6.07) is 6.06. The third-order valence-electron chi connectivity index (χ3n) is 2.53. The van der Waals surface area contributed by atoms with Crippen molar-refractivity contribution in [3.05, 3.63) is 28.2 Å². The van der Waals surface area contributed by atoms with E-state index >= 15 is 0 Å². The van der Waals surface area contributed by atoms with Crippen LogP contribution in [0.25, 0.3) is 0 Å². The lowest BCUT2D eigenvalue weighted by molar-refractivity contribution is 0.414. The maximum absolute atomic E-state index is 5.21. The Morgan fingerprint density at radius 3 is 2.81 bits per heavy atom. The van der Waals surface area contributed by atoms with Gasteiger partial charge in [0.15, 0.2) is 0 Å². The molecule has 0 aliphatic heterocycles. The topological polar surface area (TPSA) is 21.3 Å². The van der Waals surface area contributed by atoms with Crippen molar-refractivity contribution in [2.24, 2.45) is 0 Å². The van der Waals surface area contributed by atoms with E-state index in [1.54, 1.807) is 7.11 Å². The van der Waals surface area contributed by atoms with Gasteiger partial charge in [-0.25, -0.2) is 0 Å². The summed E-state index contributed by atoms with van der Waals surface area (Å²) in [6.07, 6.45) is 3.81. The maximum atomic E-state index is 5.21. The van der Waals surface area contributed by atoms with Crippen molar-refractivity contribution < 1.29 is 4.74 Å². The van der Waals surface area contributed by atoms with E-state index in [1.807, 2.05) is 12.1 Å². The van der Waals surface area contributed by atoms with E-state index in [1.165, 1.54) is 24.8 Å². The third-order valence-corrected chi connectivity index (χ3v) is 3.30. The highest BCUT2D eigenvalue weighted by atomic mass is 79.9. The Labute approximate surface area is 107 Å². The minimum Gasteiger partial charge on any atom is -0.497 e. The van der Waals surface area contributed by atoms with Crippen molar-refractivity contribution in [3.8, 4) is 5.75 Å². The lowest BCUT2D eigenvalue weighted by Gasteiger charge is -2.08. The smallest absolute Gasteiger partial charge is 0.119 e. The Kier molecular flexibility index (Phi) is 6.50. The van der Waals surface area contributed by atoms with E-state index in [0.717, 1.165) is 23.3 Å². The van der Waals surface area contributed by atoms with Gasteiger partial charge in [0.05, 0.1) is 7.11 Å². The van der Waals surface area contributed by atoms with Crippen molar-refractivity contribution in [1.29, 1.82) is 0 Å². The maximum Gasteiger partial charge on any atom is 0.119 e. The van der Waals surface area contributed by atoms with Gasteiger partial charge in [0.25, 0.3) is 0 Å². The molecule has 0 aliphatic rings. The molecule has 0 amide bonds. The zero-order valence-electron chi connectivity index (χ0n) is 10.1. The summed E-state index contributed by atoms with van der Waals surface area (Å²) in [6.45, 7) is 4.19.